The van der Waals surface area contributed by atoms with Crippen LogP contribution in [0, 0.1) is 18.3 Å². The Labute approximate surface area is 86.3 Å². The molecule has 0 saturated carbocycles. The van der Waals surface area contributed by atoms with Crippen molar-refractivity contribution in [3.63, 3.8) is 0 Å². The summed E-state index contributed by atoms with van der Waals surface area (Å²) >= 11 is 0. The fourth-order valence-electron chi connectivity index (χ4n) is 1.35. The van der Waals surface area contributed by atoms with Gasteiger partial charge in [0.05, 0.1) is 31.4 Å². The van der Waals surface area contributed by atoms with E-state index in [1.807, 2.05) is 6.07 Å². The summed E-state index contributed by atoms with van der Waals surface area (Å²) in [6.07, 6.45) is -1.50. The van der Waals surface area contributed by atoms with Crippen LogP contribution in [0.15, 0.2) is 6.20 Å². The highest BCUT2D eigenvalue weighted by Crippen LogP contribution is 2.32. The molecular weight excluding hydrogens is 202 g/mol. The van der Waals surface area contributed by atoms with Crippen LogP contribution in [0.3, 0.4) is 0 Å². The molecule has 1 heterocycles. The molecule has 0 aliphatic heterocycles. The van der Waals surface area contributed by atoms with Gasteiger partial charge in [0.25, 0.3) is 6.43 Å². The topological polar surface area (TPSA) is 45.9 Å². The molecule has 3 nitrogen and oxygen atoms in total. The first-order valence-corrected chi connectivity index (χ1v) is 4.29. The number of nitriles is 1. The number of ether oxygens (including phenoxy) is 1. The molecule has 0 aliphatic rings. The van der Waals surface area contributed by atoms with Gasteiger partial charge in [0.2, 0.25) is 0 Å². The molecule has 0 spiro atoms. The molecule has 15 heavy (non-hydrogen) atoms. The average molecular weight is 212 g/mol. The van der Waals surface area contributed by atoms with Gasteiger partial charge in [-0.05, 0) is 6.92 Å². The zero-order chi connectivity index (χ0) is 11.4. The zero-order valence-corrected chi connectivity index (χ0v) is 8.42. The number of pyridine rings is 1. The van der Waals surface area contributed by atoms with E-state index >= 15 is 0 Å². The van der Waals surface area contributed by atoms with Crippen molar-refractivity contribution >= 4 is 0 Å². The van der Waals surface area contributed by atoms with Crippen LogP contribution in [0.1, 0.15) is 23.2 Å². The maximum absolute atomic E-state index is 12.8. The monoisotopic (exact) mass is 212 g/mol. The molecule has 0 bridgehead atoms. The van der Waals surface area contributed by atoms with E-state index in [2.05, 4.69) is 4.98 Å². The number of methoxy groups -OCH3 is 1. The summed E-state index contributed by atoms with van der Waals surface area (Å²) in [6, 6.07) is 1.84. The molecule has 0 saturated heterocycles. The van der Waals surface area contributed by atoms with Crippen LogP contribution in [0.4, 0.5) is 8.78 Å². The molecule has 5 heteroatoms. The minimum absolute atomic E-state index is 0.0286. The second-order valence-corrected chi connectivity index (χ2v) is 2.94. The first kappa shape index (κ1) is 11.4. The predicted octanol–water partition coefficient (Wildman–Crippen LogP) is 2.40. The highest BCUT2D eigenvalue weighted by molar-refractivity contribution is 5.42. The summed E-state index contributed by atoms with van der Waals surface area (Å²) in [6.45, 7) is 1.60. The van der Waals surface area contributed by atoms with Gasteiger partial charge in [0.1, 0.15) is 5.75 Å². The summed E-state index contributed by atoms with van der Waals surface area (Å²) < 4.78 is 30.3. The van der Waals surface area contributed by atoms with E-state index in [0.717, 1.165) is 0 Å². The number of hydrogen-bond acceptors (Lipinski definition) is 3. The highest BCUT2D eigenvalue weighted by atomic mass is 19.3. The van der Waals surface area contributed by atoms with Crippen LogP contribution in [0.5, 0.6) is 5.75 Å². The number of aromatic nitrogens is 1. The van der Waals surface area contributed by atoms with Crippen molar-refractivity contribution in [2.75, 3.05) is 7.11 Å². The molecule has 0 fully saturated rings. The molecule has 0 amide bonds. The van der Waals surface area contributed by atoms with E-state index in [1.165, 1.54) is 13.3 Å². The van der Waals surface area contributed by atoms with E-state index in [-0.39, 0.29) is 23.3 Å². The number of hydrogen-bond donors (Lipinski definition) is 0. The van der Waals surface area contributed by atoms with Gasteiger partial charge in [0.15, 0.2) is 0 Å². The van der Waals surface area contributed by atoms with Gasteiger partial charge in [-0.3, -0.25) is 4.98 Å². The molecular formula is C10H10F2N2O. The van der Waals surface area contributed by atoms with Gasteiger partial charge in [-0.15, -0.1) is 0 Å². The lowest BCUT2D eigenvalue weighted by atomic mass is 10.0. The lowest BCUT2D eigenvalue weighted by molar-refractivity contribution is 0.145. The van der Waals surface area contributed by atoms with Crippen molar-refractivity contribution in [1.29, 1.82) is 5.26 Å². The molecule has 1 aromatic rings. The van der Waals surface area contributed by atoms with Gasteiger partial charge < -0.3 is 4.74 Å². The predicted molar refractivity (Wildman–Crippen MR) is 49.8 cm³/mol. The van der Waals surface area contributed by atoms with Gasteiger partial charge in [-0.25, -0.2) is 8.78 Å². The molecule has 0 atom stereocenters. The SMILES string of the molecule is COc1cnc(C)c(CC#N)c1C(F)F. The first-order valence-electron chi connectivity index (χ1n) is 4.29. The molecule has 1 aromatic heterocycles. The van der Waals surface area contributed by atoms with Crippen molar-refractivity contribution in [2.24, 2.45) is 0 Å². The van der Waals surface area contributed by atoms with Gasteiger partial charge in [0, 0.05) is 11.3 Å². The molecule has 0 aromatic carbocycles. The molecule has 0 unspecified atom stereocenters. The standard InChI is InChI=1S/C10H10F2N2O/c1-6-7(3-4-13)9(10(11)12)8(15-2)5-14-6/h5,10H,3H2,1-2H3. The smallest absolute Gasteiger partial charge is 0.267 e. The Hall–Kier alpha value is -1.70. The number of halogens is 2. The molecule has 1 rings (SSSR count). The van der Waals surface area contributed by atoms with Crippen LogP contribution in [-0.2, 0) is 6.42 Å². The number of alkyl halides is 2. The number of rotatable bonds is 3. The second kappa shape index (κ2) is 4.69. The lowest BCUT2D eigenvalue weighted by Crippen LogP contribution is -2.03. The molecule has 80 valence electrons. The summed E-state index contributed by atoms with van der Waals surface area (Å²) in [5.41, 5.74) is 0.464. The Kier molecular flexibility index (Phi) is 3.56. The van der Waals surface area contributed by atoms with Crippen LogP contribution in [0.25, 0.3) is 0 Å². The number of nitrogens with zero attached hydrogens (tertiary/aromatic N) is 2. The maximum atomic E-state index is 12.8. The quantitative estimate of drug-likeness (QED) is 0.772. The van der Waals surface area contributed by atoms with Gasteiger partial charge in [-0.1, -0.05) is 0 Å². The number of aryl methyl sites for hydroxylation is 1. The Morgan fingerprint density at radius 2 is 2.27 bits per heavy atom. The minimum Gasteiger partial charge on any atom is -0.495 e. The van der Waals surface area contributed by atoms with Crippen LogP contribution in [0.2, 0.25) is 0 Å². The maximum Gasteiger partial charge on any atom is 0.267 e. The average Bonchev–Trinajstić information content (AvgIpc) is 2.20. The highest BCUT2D eigenvalue weighted by Gasteiger charge is 2.20. The summed E-state index contributed by atoms with van der Waals surface area (Å²) in [5.74, 6) is 0.0286. The largest absolute Gasteiger partial charge is 0.495 e. The summed E-state index contributed by atoms with van der Waals surface area (Å²) in [4.78, 5) is 3.90. The van der Waals surface area contributed by atoms with E-state index in [0.29, 0.717) is 5.69 Å². The van der Waals surface area contributed by atoms with Gasteiger partial charge >= 0.3 is 0 Å². The Balaban J connectivity index is 3.38. The van der Waals surface area contributed by atoms with Crippen molar-refractivity contribution in [3.8, 4) is 11.8 Å². The minimum atomic E-state index is -2.66. The zero-order valence-electron chi connectivity index (χ0n) is 8.42. The first-order chi connectivity index (χ1) is 7.11. The third-order valence-corrected chi connectivity index (χ3v) is 2.10. The van der Waals surface area contributed by atoms with Gasteiger partial charge in [-0.2, -0.15) is 5.26 Å². The molecule has 0 aliphatic carbocycles. The second-order valence-electron chi connectivity index (χ2n) is 2.94. The summed E-state index contributed by atoms with van der Waals surface area (Å²) in [5, 5.41) is 8.55. The van der Waals surface area contributed by atoms with Crippen molar-refractivity contribution in [1.82, 2.24) is 4.98 Å². The molecule has 0 N–H and O–H groups in total. The Bertz CT molecular complexity index is 399. The fourth-order valence-corrected chi connectivity index (χ4v) is 1.35. The fraction of sp³-hybridized carbons (Fsp3) is 0.400. The van der Waals surface area contributed by atoms with E-state index < -0.39 is 6.43 Å². The van der Waals surface area contributed by atoms with Crippen LogP contribution < -0.4 is 4.74 Å². The van der Waals surface area contributed by atoms with Crippen molar-refractivity contribution in [2.45, 2.75) is 19.8 Å². The third kappa shape index (κ3) is 2.21. The normalized spacial score (nSPS) is 10.1. The van der Waals surface area contributed by atoms with Crippen LogP contribution in [-0.4, -0.2) is 12.1 Å². The van der Waals surface area contributed by atoms with Crippen molar-refractivity contribution in [3.05, 3.63) is 23.0 Å². The van der Waals surface area contributed by atoms with E-state index in [1.54, 1.807) is 6.92 Å². The van der Waals surface area contributed by atoms with E-state index in [4.69, 9.17) is 10.00 Å². The van der Waals surface area contributed by atoms with Crippen LogP contribution >= 0.6 is 0 Å². The third-order valence-electron chi connectivity index (χ3n) is 2.10. The molecule has 0 radical (unpaired) electrons. The Morgan fingerprint density at radius 1 is 1.60 bits per heavy atom. The van der Waals surface area contributed by atoms with E-state index in [9.17, 15) is 8.78 Å². The summed E-state index contributed by atoms with van der Waals surface area (Å²) in [7, 11) is 1.30. The van der Waals surface area contributed by atoms with Crippen molar-refractivity contribution < 1.29 is 13.5 Å². The Morgan fingerprint density at radius 3 is 2.73 bits per heavy atom. The lowest BCUT2D eigenvalue weighted by Gasteiger charge is -2.12.